The highest BCUT2D eigenvalue weighted by atomic mass is 32.2. The monoisotopic (exact) mass is 469 g/mol. The Morgan fingerprint density at radius 1 is 1.12 bits per heavy atom. The van der Waals surface area contributed by atoms with Gasteiger partial charge in [0.25, 0.3) is 5.91 Å². The lowest BCUT2D eigenvalue weighted by Gasteiger charge is -2.30. The predicted octanol–water partition coefficient (Wildman–Crippen LogP) is 1.98. The molecule has 2 aliphatic heterocycles. The number of rotatable bonds is 6. The van der Waals surface area contributed by atoms with Crippen LogP contribution in [0.15, 0.2) is 54.6 Å². The van der Waals surface area contributed by atoms with E-state index in [0.717, 1.165) is 16.0 Å². The summed E-state index contributed by atoms with van der Waals surface area (Å²) >= 11 is 0. The third-order valence-corrected chi connectivity index (χ3v) is 8.11. The van der Waals surface area contributed by atoms with Gasteiger partial charge in [0.1, 0.15) is 12.1 Å². The molecular formula is C24H27N3O5S. The second-order valence-corrected chi connectivity index (χ2v) is 11.1. The van der Waals surface area contributed by atoms with Crippen molar-refractivity contribution >= 4 is 27.7 Å². The van der Waals surface area contributed by atoms with Gasteiger partial charge in [0.05, 0.1) is 11.5 Å². The lowest BCUT2D eigenvalue weighted by atomic mass is 9.91. The van der Waals surface area contributed by atoms with Crippen LogP contribution in [0.5, 0.6) is 0 Å². The molecule has 0 bridgehead atoms. The largest absolute Gasteiger partial charge is 0.333 e. The third kappa shape index (κ3) is 4.64. The van der Waals surface area contributed by atoms with E-state index >= 15 is 0 Å². The van der Waals surface area contributed by atoms with Crippen molar-refractivity contribution in [2.45, 2.75) is 38.4 Å². The van der Waals surface area contributed by atoms with Crippen LogP contribution in [0.3, 0.4) is 0 Å². The zero-order chi connectivity index (χ0) is 23.8. The molecule has 2 aliphatic rings. The first-order valence-corrected chi connectivity index (χ1v) is 12.7. The van der Waals surface area contributed by atoms with Crippen molar-refractivity contribution in [1.82, 2.24) is 15.1 Å². The number of imide groups is 1. The maximum Gasteiger partial charge on any atom is 0.325 e. The van der Waals surface area contributed by atoms with Gasteiger partial charge in [-0.25, -0.2) is 13.2 Å². The highest BCUT2D eigenvalue weighted by Gasteiger charge is 2.50. The smallest absolute Gasteiger partial charge is 0.325 e. The van der Waals surface area contributed by atoms with Crippen LogP contribution < -0.4 is 5.32 Å². The van der Waals surface area contributed by atoms with Crippen LogP contribution in [0.4, 0.5) is 4.79 Å². The molecule has 4 rings (SSSR count). The van der Waals surface area contributed by atoms with Crippen LogP contribution in [0.25, 0.3) is 0 Å². The van der Waals surface area contributed by atoms with Gasteiger partial charge in [-0.05, 0) is 31.4 Å². The summed E-state index contributed by atoms with van der Waals surface area (Å²) in [6.07, 6.45) is 0.335. The van der Waals surface area contributed by atoms with Gasteiger partial charge in [-0.3, -0.25) is 14.5 Å². The summed E-state index contributed by atoms with van der Waals surface area (Å²) in [4.78, 5) is 41.7. The van der Waals surface area contributed by atoms with Crippen molar-refractivity contribution < 1.29 is 22.8 Å². The first kappa shape index (κ1) is 23.0. The molecular weight excluding hydrogens is 442 g/mol. The summed E-state index contributed by atoms with van der Waals surface area (Å²) in [6.45, 7) is 3.30. The lowest BCUT2D eigenvalue weighted by molar-refractivity contribution is -0.140. The molecule has 0 aromatic heterocycles. The van der Waals surface area contributed by atoms with E-state index in [1.165, 1.54) is 4.90 Å². The highest BCUT2D eigenvalue weighted by molar-refractivity contribution is 7.91. The molecule has 174 valence electrons. The van der Waals surface area contributed by atoms with Crippen LogP contribution in [0.2, 0.25) is 0 Å². The fraction of sp³-hybridized carbons (Fsp3) is 0.375. The second-order valence-electron chi connectivity index (χ2n) is 8.88. The molecule has 2 aromatic carbocycles. The number of urea groups is 1. The summed E-state index contributed by atoms with van der Waals surface area (Å²) in [7, 11) is -3.23. The van der Waals surface area contributed by atoms with Gasteiger partial charge < -0.3 is 10.2 Å². The van der Waals surface area contributed by atoms with Crippen molar-refractivity contribution in [3.8, 4) is 0 Å². The first-order valence-electron chi connectivity index (χ1n) is 10.8. The summed E-state index contributed by atoms with van der Waals surface area (Å²) in [6, 6.07) is 15.4. The van der Waals surface area contributed by atoms with Crippen molar-refractivity contribution in [3.05, 3.63) is 71.3 Å². The average Bonchev–Trinajstić information content (AvgIpc) is 3.24. The van der Waals surface area contributed by atoms with E-state index in [1.54, 1.807) is 19.1 Å². The first-order chi connectivity index (χ1) is 15.6. The van der Waals surface area contributed by atoms with Crippen molar-refractivity contribution in [2.75, 3.05) is 18.1 Å². The van der Waals surface area contributed by atoms with Crippen LogP contribution in [0.1, 0.15) is 30.0 Å². The molecule has 2 atom stereocenters. The molecule has 0 radical (unpaired) electrons. The zero-order valence-corrected chi connectivity index (χ0v) is 19.5. The van der Waals surface area contributed by atoms with E-state index in [2.05, 4.69) is 5.32 Å². The Hall–Kier alpha value is -3.20. The predicted molar refractivity (Wildman–Crippen MR) is 123 cm³/mol. The number of carbonyl (C=O) groups is 3. The van der Waals surface area contributed by atoms with Crippen LogP contribution in [-0.2, 0) is 31.5 Å². The normalized spacial score (nSPS) is 24.1. The van der Waals surface area contributed by atoms with E-state index in [-0.39, 0.29) is 18.1 Å². The summed E-state index contributed by atoms with van der Waals surface area (Å²) in [5.41, 5.74) is 1.22. The number of amides is 4. The Balaban J connectivity index is 1.56. The minimum Gasteiger partial charge on any atom is -0.333 e. The summed E-state index contributed by atoms with van der Waals surface area (Å²) in [5.74, 6) is -1.07. The average molecular weight is 470 g/mol. The third-order valence-electron chi connectivity index (χ3n) is 6.36. The van der Waals surface area contributed by atoms with Gasteiger partial charge in [-0.1, -0.05) is 60.2 Å². The molecule has 0 aliphatic carbocycles. The molecule has 2 saturated heterocycles. The molecule has 0 saturated carbocycles. The Kier molecular flexibility index (Phi) is 6.00. The van der Waals surface area contributed by atoms with Crippen LogP contribution in [-0.4, -0.2) is 60.2 Å². The van der Waals surface area contributed by atoms with Gasteiger partial charge in [-0.2, -0.15) is 0 Å². The number of hydrogen-bond acceptors (Lipinski definition) is 5. The maximum absolute atomic E-state index is 13.3. The van der Waals surface area contributed by atoms with Gasteiger partial charge in [0.2, 0.25) is 5.91 Å². The van der Waals surface area contributed by atoms with Crippen LogP contribution in [0, 0.1) is 6.92 Å². The number of aryl methyl sites for hydroxylation is 1. The molecule has 2 fully saturated rings. The molecule has 0 spiro atoms. The maximum atomic E-state index is 13.3. The van der Waals surface area contributed by atoms with E-state index in [9.17, 15) is 22.8 Å². The van der Waals surface area contributed by atoms with E-state index < -0.39 is 45.8 Å². The van der Waals surface area contributed by atoms with Crippen molar-refractivity contribution in [2.24, 2.45) is 0 Å². The molecule has 4 amide bonds. The van der Waals surface area contributed by atoms with E-state index in [4.69, 9.17) is 0 Å². The fourth-order valence-corrected chi connectivity index (χ4v) is 6.10. The van der Waals surface area contributed by atoms with Gasteiger partial charge in [-0.15, -0.1) is 0 Å². The topological polar surface area (TPSA) is 104 Å². The number of sulfone groups is 1. The molecule has 33 heavy (non-hydrogen) atoms. The van der Waals surface area contributed by atoms with Gasteiger partial charge in [0, 0.05) is 12.6 Å². The minimum atomic E-state index is -3.23. The highest BCUT2D eigenvalue weighted by Crippen LogP contribution is 2.29. The van der Waals surface area contributed by atoms with E-state index in [0.29, 0.717) is 12.0 Å². The Labute approximate surface area is 193 Å². The molecule has 9 heteroatoms. The Morgan fingerprint density at radius 3 is 2.39 bits per heavy atom. The molecule has 1 N–H and O–H groups in total. The van der Waals surface area contributed by atoms with Gasteiger partial charge in [0.15, 0.2) is 9.84 Å². The van der Waals surface area contributed by atoms with Gasteiger partial charge >= 0.3 is 6.03 Å². The summed E-state index contributed by atoms with van der Waals surface area (Å²) in [5, 5.41) is 2.71. The van der Waals surface area contributed by atoms with Crippen LogP contribution >= 0.6 is 0 Å². The molecule has 2 unspecified atom stereocenters. The van der Waals surface area contributed by atoms with E-state index in [1.807, 2.05) is 49.4 Å². The SMILES string of the molecule is Cc1ccc(C2(C)NC(=O)N(CC(=O)N(Cc3ccccc3)C3CCS(=O)(=O)C3)C2=O)cc1. The Bertz CT molecular complexity index is 1180. The lowest BCUT2D eigenvalue weighted by Crippen LogP contribution is -2.48. The number of nitrogens with one attached hydrogen (secondary N) is 1. The van der Waals surface area contributed by atoms with Crippen molar-refractivity contribution in [3.63, 3.8) is 0 Å². The minimum absolute atomic E-state index is 0.0187. The quantitative estimate of drug-likeness (QED) is 0.652. The fourth-order valence-electron chi connectivity index (χ4n) is 4.37. The molecule has 8 nitrogen and oxygen atoms in total. The second kappa shape index (κ2) is 8.62. The Morgan fingerprint density at radius 2 is 1.79 bits per heavy atom. The zero-order valence-electron chi connectivity index (χ0n) is 18.7. The standard InChI is InChI=1S/C24H27N3O5S/c1-17-8-10-19(11-9-17)24(2)22(29)27(23(30)25-24)15-21(28)26(14-18-6-4-3-5-7-18)20-12-13-33(31,32)16-20/h3-11,20H,12-16H2,1-2H3,(H,25,30). The number of carbonyl (C=O) groups excluding carboxylic acids is 3. The summed E-state index contributed by atoms with van der Waals surface area (Å²) < 4.78 is 24.1. The number of benzene rings is 2. The molecule has 2 heterocycles. The molecule has 2 aromatic rings. The van der Waals surface area contributed by atoms with Crippen molar-refractivity contribution in [1.29, 1.82) is 0 Å². The number of nitrogens with zero attached hydrogens (tertiary/aromatic N) is 2. The number of hydrogen-bond donors (Lipinski definition) is 1.